The second-order valence-electron chi connectivity index (χ2n) is 9.34. The van der Waals surface area contributed by atoms with Crippen molar-refractivity contribution in [2.24, 2.45) is 17.8 Å². The van der Waals surface area contributed by atoms with E-state index in [1.54, 1.807) is 18.9 Å². The van der Waals surface area contributed by atoms with Gasteiger partial charge >= 0.3 is 6.09 Å². The molecule has 170 valence electrons. The summed E-state index contributed by atoms with van der Waals surface area (Å²) in [6, 6.07) is 6.89. The van der Waals surface area contributed by atoms with Crippen LogP contribution in [0.3, 0.4) is 0 Å². The first kappa shape index (κ1) is 23.5. The average molecular weight is 447 g/mol. The number of carbonyl (C=O) groups is 2. The Balaban J connectivity index is 1.53. The van der Waals surface area contributed by atoms with E-state index in [0.29, 0.717) is 24.1 Å². The van der Waals surface area contributed by atoms with Crippen LogP contribution >= 0.6 is 11.8 Å². The monoisotopic (exact) mass is 446 g/mol. The maximum absolute atomic E-state index is 12.9. The summed E-state index contributed by atoms with van der Waals surface area (Å²) in [5.41, 5.74) is 0.350. The summed E-state index contributed by atoms with van der Waals surface area (Å²) in [4.78, 5) is 25.2. The molecule has 1 aromatic rings. The Bertz CT molecular complexity index is 788. The first-order valence-corrected chi connectivity index (χ1v) is 12.0. The van der Waals surface area contributed by atoms with Crippen molar-refractivity contribution >= 4 is 23.8 Å². The van der Waals surface area contributed by atoms with Crippen molar-refractivity contribution in [3.8, 4) is 5.75 Å². The predicted molar refractivity (Wildman–Crippen MR) is 124 cm³/mol. The van der Waals surface area contributed by atoms with Gasteiger partial charge in [0.25, 0.3) is 0 Å². The van der Waals surface area contributed by atoms with Gasteiger partial charge in [0.05, 0.1) is 7.11 Å². The Hall–Kier alpha value is -2.15. The molecule has 1 saturated carbocycles. The van der Waals surface area contributed by atoms with Crippen LogP contribution in [0.1, 0.15) is 39.2 Å². The van der Waals surface area contributed by atoms with Crippen LogP contribution in [0.25, 0.3) is 0 Å². The van der Waals surface area contributed by atoms with E-state index in [9.17, 15) is 9.59 Å². The summed E-state index contributed by atoms with van der Waals surface area (Å²) in [5.74, 6) is 4.17. The molecular formula is C24H34N2O4S. The molecule has 0 radical (unpaired) electrons. The highest BCUT2D eigenvalue weighted by Crippen LogP contribution is 2.44. The minimum absolute atomic E-state index is 0.206. The van der Waals surface area contributed by atoms with Crippen molar-refractivity contribution in [3.63, 3.8) is 0 Å². The second kappa shape index (κ2) is 10.4. The number of benzene rings is 1. The largest absolute Gasteiger partial charge is 0.497 e. The molecule has 1 aromatic carbocycles. The highest BCUT2D eigenvalue weighted by molar-refractivity contribution is 7.99. The number of nitrogens with one attached hydrogen (secondary N) is 2. The molecule has 3 rings (SSSR count). The summed E-state index contributed by atoms with van der Waals surface area (Å²) in [6.45, 7) is 5.81. The fourth-order valence-corrected chi connectivity index (χ4v) is 5.40. The van der Waals surface area contributed by atoms with Gasteiger partial charge in [-0.3, -0.25) is 4.79 Å². The third-order valence-corrected chi connectivity index (χ3v) is 6.90. The lowest BCUT2D eigenvalue weighted by molar-refractivity contribution is -0.122. The molecule has 1 unspecified atom stereocenters. The summed E-state index contributed by atoms with van der Waals surface area (Å²) in [5, 5.41) is 5.69. The number of rotatable bonds is 9. The van der Waals surface area contributed by atoms with Gasteiger partial charge < -0.3 is 20.1 Å². The van der Waals surface area contributed by atoms with Crippen LogP contribution in [0.15, 0.2) is 36.4 Å². The number of allylic oxidation sites excluding steroid dienone is 2. The van der Waals surface area contributed by atoms with Crippen molar-refractivity contribution in [2.75, 3.05) is 18.6 Å². The van der Waals surface area contributed by atoms with Gasteiger partial charge in [0.15, 0.2) is 0 Å². The van der Waals surface area contributed by atoms with Gasteiger partial charge in [-0.15, -0.1) is 0 Å². The first-order chi connectivity index (χ1) is 14.7. The summed E-state index contributed by atoms with van der Waals surface area (Å²) >= 11 is 1.73. The Labute approximate surface area is 189 Å². The number of hydrogen-bond donors (Lipinski definition) is 2. The quantitative estimate of drug-likeness (QED) is 0.557. The van der Waals surface area contributed by atoms with Crippen molar-refractivity contribution in [1.29, 1.82) is 0 Å². The Kier molecular flexibility index (Phi) is 7.92. The van der Waals surface area contributed by atoms with Crippen molar-refractivity contribution in [3.05, 3.63) is 42.0 Å². The maximum atomic E-state index is 12.9. The third kappa shape index (κ3) is 7.20. The highest BCUT2D eigenvalue weighted by Gasteiger charge is 2.35. The number of methoxy groups -OCH3 is 1. The molecule has 1 fully saturated rings. The van der Waals surface area contributed by atoms with E-state index in [4.69, 9.17) is 9.47 Å². The van der Waals surface area contributed by atoms with Gasteiger partial charge in [0, 0.05) is 12.3 Å². The van der Waals surface area contributed by atoms with Gasteiger partial charge in [-0.2, -0.15) is 11.8 Å². The predicted octanol–water partition coefficient (Wildman–Crippen LogP) is 4.15. The van der Waals surface area contributed by atoms with Crippen LogP contribution in [0.5, 0.6) is 5.75 Å². The lowest BCUT2D eigenvalue weighted by Crippen LogP contribution is -2.49. The van der Waals surface area contributed by atoms with Crippen molar-refractivity contribution in [2.45, 2.75) is 51.8 Å². The Morgan fingerprint density at radius 3 is 2.48 bits per heavy atom. The zero-order valence-corrected chi connectivity index (χ0v) is 19.7. The van der Waals surface area contributed by atoms with E-state index in [2.05, 4.69) is 22.8 Å². The fourth-order valence-electron chi connectivity index (χ4n) is 4.11. The molecule has 6 nitrogen and oxygen atoms in total. The molecule has 0 spiro atoms. The molecule has 2 amide bonds. The van der Waals surface area contributed by atoms with Crippen LogP contribution in [0, 0.1) is 17.8 Å². The molecule has 2 aliphatic rings. The molecule has 0 saturated heterocycles. The topological polar surface area (TPSA) is 76.7 Å². The number of hydrogen-bond acceptors (Lipinski definition) is 5. The van der Waals surface area contributed by atoms with Crippen LogP contribution in [0.2, 0.25) is 0 Å². The van der Waals surface area contributed by atoms with Gasteiger partial charge in [0.1, 0.15) is 17.4 Å². The molecule has 0 aliphatic heterocycles. The van der Waals surface area contributed by atoms with E-state index in [0.717, 1.165) is 23.0 Å². The van der Waals surface area contributed by atoms with Crippen LogP contribution in [-0.2, 0) is 16.1 Å². The molecule has 2 N–H and O–H groups in total. The summed E-state index contributed by atoms with van der Waals surface area (Å²) in [6.07, 6.45) is 6.62. The van der Waals surface area contributed by atoms with E-state index < -0.39 is 17.7 Å². The highest BCUT2D eigenvalue weighted by atomic mass is 32.2. The van der Waals surface area contributed by atoms with Gasteiger partial charge in [-0.25, -0.2) is 4.79 Å². The smallest absolute Gasteiger partial charge is 0.408 e. The van der Waals surface area contributed by atoms with E-state index >= 15 is 0 Å². The molecular weight excluding hydrogens is 412 g/mol. The van der Waals surface area contributed by atoms with Crippen LogP contribution in [-0.4, -0.2) is 42.3 Å². The standard InChI is InChI=1S/C24H34N2O4S/c1-24(2,3)30-23(28)26-21(15-31-14-19-12-17-5-8-18(19)11-17)22(27)25-13-16-6-9-20(29-4)10-7-16/h5-10,17-19,21H,11-15H2,1-4H3,(H,25,27)(H,26,28)/t17?,18-,19-,21+/m1/s1. The molecule has 31 heavy (non-hydrogen) atoms. The summed E-state index contributed by atoms with van der Waals surface area (Å²) < 4.78 is 10.5. The zero-order chi connectivity index (χ0) is 22.4. The lowest BCUT2D eigenvalue weighted by Gasteiger charge is -2.24. The first-order valence-electron chi connectivity index (χ1n) is 10.9. The van der Waals surface area contributed by atoms with Gasteiger partial charge in [0.2, 0.25) is 5.91 Å². The SMILES string of the molecule is COc1ccc(CNC(=O)[C@H](CSC[C@H]2CC3C=C[C@@H]2C3)NC(=O)OC(C)(C)C)cc1. The number of ether oxygens (including phenoxy) is 2. The normalized spacial score (nSPS) is 22.8. The number of fused-ring (bicyclic) bond motifs is 2. The van der Waals surface area contributed by atoms with Gasteiger partial charge in [-0.1, -0.05) is 24.3 Å². The number of amides is 2. The van der Waals surface area contributed by atoms with E-state index in [1.807, 2.05) is 45.0 Å². The minimum Gasteiger partial charge on any atom is -0.497 e. The molecule has 2 aliphatic carbocycles. The molecule has 4 atom stereocenters. The van der Waals surface area contributed by atoms with Crippen LogP contribution < -0.4 is 15.4 Å². The summed E-state index contributed by atoms with van der Waals surface area (Å²) in [7, 11) is 1.62. The molecule has 7 heteroatoms. The number of thioether (sulfide) groups is 1. The Morgan fingerprint density at radius 2 is 1.90 bits per heavy atom. The second-order valence-corrected chi connectivity index (χ2v) is 10.4. The van der Waals surface area contributed by atoms with Crippen LogP contribution in [0.4, 0.5) is 4.79 Å². The Morgan fingerprint density at radius 1 is 1.16 bits per heavy atom. The number of alkyl carbamates (subject to hydrolysis) is 1. The minimum atomic E-state index is -0.646. The molecule has 0 aromatic heterocycles. The van der Waals surface area contributed by atoms with Gasteiger partial charge in [-0.05, 0) is 74.8 Å². The third-order valence-electron chi connectivity index (χ3n) is 5.67. The maximum Gasteiger partial charge on any atom is 0.408 e. The fraction of sp³-hybridized carbons (Fsp3) is 0.583. The van der Waals surface area contributed by atoms with Crippen molar-refractivity contribution < 1.29 is 19.1 Å². The van der Waals surface area contributed by atoms with Crippen molar-refractivity contribution in [1.82, 2.24) is 10.6 Å². The zero-order valence-electron chi connectivity index (χ0n) is 18.9. The lowest BCUT2D eigenvalue weighted by atomic mass is 9.96. The average Bonchev–Trinajstić information content (AvgIpc) is 3.33. The number of carbonyl (C=O) groups excluding carboxylic acids is 2. The molecule has 0 heterocycles. The van der Waals surface area contributed by atoms with E-state index in [1.165, 1.54) is 12.8 Å². The molecule has 2 bridgehead atoms. The van der Waals surface area contributed by atoms with E-state index in [-0.39, 0.29) is 5.91 Å².